The maximum absolute atomic E-state index is 12.0. The Morgan fingerprint density at radius 1 is 1.33 bits per heavy atom. The maximum atomic E-state index is 12.0. The molecule has 1 saturated heterocycles. The van der Waals surface area contributed by atoms with Gasteiger partial charge < -0.3 is 15.2 Å². The Labute approximate surface area is 121 Å². The van der Waals surface area contributed by atoms with Crippen LogP contribution in [0.2, 0.25) is 0 Å². The Morgan fingerprint density at radius 3 is 2.57 bits per heavy atom. The van der Waals surface area contributed by atoms with Crippen LogP contribution in [0.3, 0.4) is 0 Å². The number of aromatic carboxylic acids is 1. The van der Waals surface area contributed by atoms with Crippen LogP contribution in [0.15, 0.2) is 23.1 Å². The van der Waals surface area contributed by atoms with Crippen LogP contribution in [-0.4, -0.2) is 44.9 Å². The molecular weight excluding hydrogens is 298 g/mol. The Balaban J connectivity index is 2.31. The summed E-state index contributed by atoms with van der Waals surface area (Å²) < 4.78 is 28.3. The molecule has 1 aliphatic heterocycles. The highest BCUT2D eigenvalue weighted by molar-refractivity contribution is 7.90. The molecule has 0 bridgehead atoms. The Morgan fingerprint density at radius 2 is 2.05 bits per heavy atom. The summed E-state index contributed by atoms with van der Waals surface area (Å²) in [7, 11) is -3.58. The van der Waals surface area contributed by atoms with Crippen molar-refractivity contribution in [2.75, 3.05) is 24.8 Å². The molecule has 114 valence electrons. The fourth-order valence-corrected chi connectivity index (χ4v) is 2.68. The lowest BCUT2D eigenvalue weighted by atomic mass is 10.1. The highest BCUT2D eigenvalue weighted by Crippen LogP contribution is 2.21. The average Bonchev–Trinajstić information content (AvgIpc) is 2.91. The van der Waals surface area contributed by atoms with Gasteiger partial charge in [-0.25, -0.2) is 13.2 Å². The summed E-state index contributed by atoms with van der Waals surface area (Å²) in [5.41, 5.74) is -0.0527. The number of rotatable bonds is 4. The van der Waals surface area contributed by atoms with E-state index in [-0.39, 0.29) is 28.0 Å². The number of benzene rings is 1. The number of carbonyl (C=O) groups excluding carboxylic acids is 1. The number of hydrogen-bond donors (Lipinski definition) is 2. The van der Waals surface area contributed by atoms with Crippen LogP contribution in [-0.2, 0) is 19.4 Å². The van der Waals surface area contributed by atoms with Crippen LogP contribution < -0.4 is 5.32 Å². The van der Waals surface area contributed by atoms with Gasteiger partial charge in [0.05, 0.1) is 23.0 Å². The number of ether oxygens (including phenoxy) is 1. The van der Waals surface area contributed by atoms with E-state index in [0.717, 1.165) is 12.3 Å². The average molecular weight is 313 g/mol. The smallest absolute Gasteiger partial charge is 0.335 e. The number of carboxylic acid groups (broad SMARTS) is 1. The van der Waals surface area contributed by atoms with Gasteiger partial charge in [0, 0.05) is 18.6 Å². The summed E-state index contributed by atoms with van der Waals surface area (Å²) in [6.45, 7) is 0.811. The Hall–Kier alpha value is -1.93. The SMILES string of the molecule is CS(=O)(=O)c1cc(NC(=O)C2CCOC2)cc(C(=O)O)c1. The monoisotopic (exact) mass is 313 g/mol. The van der Waals surface area contributed by atoms with E-state index in [9.17, 15) is 18.0 Å². The normalized spacial score (nSPS) is 18.4. The molecule has 1 unspecified atom stereocenters. The third kappa shape index (κ3) is 3.79. The number of hydrogen-bond acceptors (Lipinski definition) is 5. The van der Waals surface area contributed by atoms with E-state index in [1.165, 1.54) is 12.1 Å². The quantitative estimate of drug-likeness (QED) is 0.849. The maximum Gasteiger partial charge on any atom is 0.335 e. The van der Waals surface area contributed by atoms with Crippen LogP contribution in [0.4, 0.5) is 5.69 Å². The molecule has 0 aromatic heterocycles. The molecular formula is C13H15NO6S. The number of carbonyl (C=O) groups is 2. The number of nitrogens with one attached hydrogen (secondary N) is 1. The van der Waals surface area contributed by atoms with Crippen molar-refractivity contribution >= 4 is 27.4 Å². The molecule has 0 radical (unpaired) electrons. The molecule has 1 fully saturated rings. The topological polar surface area (TPSA) is 110 Å². The molecule has 7 nitrogen and oxygen atoms in total. The van der Waals surface area contributed by atoms with Gasteiger partial charge in [0.25, 0.3) is 0 Å². The number of amides is 1. The van der Waals surface area contributed by atoms with Gasteiger partial charge in [-0.15, -0.1) is 0 Å². The zero-order valence-corrected chi connectivity index (χ0v) is 12.1. The minimum atomic E-state index is -3.58. The van der Waals surface area contributed by atoms with Gasteiger partial charge >= 0.3 is 5.97 Å². The largest absolute Gasteiger partial charge is 0.478 e. The van der Waals surface area contributed by atoms with E-state index in [1.54, 1.807) is 0 Å². The lowest BCUT2D eigenvalue weighted by Crippen LogP contribution is -2.23. The van der Waals surface area contributed by atoms with E-state index in [4.69, 9.17) is 9.84 Å². The van der Waals surface area contributed by atoms with Crippen LogP contribution >= 0.6 is 0 Å². The molecule has 1 amide bonds. The summed E-state index contributed by atoms with van der Waals surface area (Å²) in [4.78, 5) is 22.9. The number of sulfone groups is 1. The van der Waals surface area contributed by atoms with Crippen LogP contribution in [0, 0.1) is 5.92 Å². The van der Waals surface area contributed by atoms with E-state index in [2.05, 4.69) is 5.32 Å². The molecule has 1 aliphatic rings. The van der Waals surface area contributed by atoms with Crippen molar-refractivity contribution in [3.8, 4) is 0 Å². The van der Waals surface area contributed by atoms with Crippen LogP contribution in [0.1, 0.15) is 16.8 Å². The molecule has 2 N–H and O–H groups in total. The Bertz CT molecular complexity index is 676. The van der Waals surface area contributed by atoms with Crippen molar-refractivity contribution in [1.29, 1.82) is 0 Å². The molecule has 1 aromatic carbocycles. The fourth-order valence-electron chi connectivity index (χ4n) is 1.99. The molecule has 21 heavy (non-hydrogen) atoms. The first-order valence-corrected chi connectivity index (χ1v) is 8.13. The first-order valence-electron chi connectivity index (χ1n) is 6.24. The summed E-state index contributed by atoms with van der Waals surface area (Å²) in [6, 6.07) is 3.53. The summed E-state index contributed by atoms with van der Waals surface area (Å²) in [6.07, 6.45) is 1.56. The lowest BCUT2D eigenvalue weighted by molar-refractivity contribution is -0.119. The highest BCUT2D eigenvalue weighted by Gasteiger charge is 2.24. The van der Waals surface area contributed by atoms with Gasteiger partial charge in [-0.05, 0) is 24.6 Å². The Kier molecular flexibility index (Phi) is 4.29. The molecule has 0 aliphatic carbocycles. The second kappa shape index (κ2) is 5.82. The minimum absolute atomic E-state index is 0.146. The first kappa shape index (κ1) is 15.5. The molecule has 1 aromatic rings. The minimum Gasteiger partial charge on any atom is -0.478 e. The van der Waals surface area contributed by atoms with E-state index in [1.807, 2.05) is 0 Å². The van der Waals surface area contributed by atoms with Crippen LogP contribution in [0.5, 0.6) is 0 Å². The molecule has 8 heteroatoms. The van der Waals surface area contributed by atoms with Gasteiger partial charge in [-0.1, -0.05) is 0 Å². The predicted molar refractivity (Wildman–Crippen MR) is 74.1 cm³/mol. The lowest BCUT2D eigenvalue weighted by Gasteiger charge is -2.11. The number of anilines is 1. The van der Waals surface area contributed by atoms with Gasteiger partial charge in [0.2, 0.25) is 5.91 Å². The summed E-state index contributed by atoms with van der Waals surface area (Å²) >= 11 is 0. The van der Waals surface area contributed by atoms with E-state index < -0.39 is 15.8 Å². The highest BCUT2D eigenvalue weighted by atomic mass is 32.2. The zero-order chi connectivity index (χ0) is 15.6. The molecule has 2 rings (SSSR count). The molecule has 1 atom stereocenters. The standard InChI is InChI=1S/C13H15NO6S/c1-21(18,19)11-5-9(13(16)17)4-10(6-11)14-12(15)8-2-3-20-7-8/h4-6,8H,2-3,7H2,1H3,(H,14,15)(H,16,17). The third-order valence-corrected chi connectivity index (χ3v) is 4.24. The first-order chi connectivity index (χ1) is 9.77. The van der Waals surface area contributed by atoms with E-state index >= 15 is 0 Å². The van der Waals surface area contributed by atoms with Gasteiger partial charge in [0.1, 0.15) is 0 Å². The summed E-state index contributed by atoms with van der Waals surface area (Å²) in [5, 5.41) is 11.6. The van der Waals surface area contributed by atoms with Crippen molar-refractivity contribution in [2.45, 2.75) is 11.3 Å². The molecule has 0 saturated carbocycles. The molecule has 1 heterocycles. The second-order valence-corrected chi connectivity index (χ2v) is 6.89. The third-order valence-electron chi connectivity index (χ3n) is 3.15. The van der Waals surface area contributed by atoms with Crippen molar-refractivity contribution in [2.24, 2.45) is 5.92 Å². The van der Waals surface area contributed by atoms with E-state index in [0.29, 0.717) is 19.6 Å². The van der Waals surface area contributed by atoms with Gasteiger partial charge in [-0.2, -0.15) is 0 Å². The van der Waals surface area contributed by atoms with Crippen molar-refractivity contribution in [3.05, 3.63) is 23.8 Å². The zero-order valence-electron chi connectivity index (χ0n) is 11.3. The van der Waals surface area contributed by atoms with Gasteiger partial charge in [-0.3, -0.25) is 4.79 Å². The second-order valence-electron chi connectivity index (χ2n) is 4.87. The number of carboxylic acids is 1. The van der Waals surface area contributed by atoms with Crippen molar-refractivity contribution in [3.63, 3.8) is 0 Å². The van der Waals surface area contributed by atoms with Crippen LogP contribution in [0.25, 0.3) is 0 Å². The van der Waals surface area contributed by atoms with Crippen molar-refractivity contribution in [1.82, 2.24) is 0 Å². The van der Waals surface area contributed by atoms with Gasteiger partial charge in [0.15, 0.2) is 9.84 Å². The molecule has 0 spiro atoms. The predicted octanol–water partition coefficient (Wildman–Crippen LogP) is 0.763. The fraction of sp³-hybridized carbons (Fsp3) is 0.385. The van der Waals surface area contributed by atoms with Crippen molar-refractivity contribution < 1.29 is 27.9 Å². The summed E-state index contributed by atoms with van der Waals surface area (Å²) in [5.74, 6) is -1.88.